The Morgan fingerprint density at radius 3 is 2.18 bits per heavy atom. The third kappa shape index (κ3) is 4.54. The monoisotopic (exact) mass is 152 g/mol. The minimum atomic E-state index is 0.186. The molecule has 1 nitrogen and oxygen atoms in total. The lowest BCUT2D eigenvalue weighted by Gasteiger charge is -1.98. The molecular formula is C10H16O. The van der Waals surface area contributed by atoms with E-state index in [4.69, 9.17) is 0 Å². The molecule has 0 bridgehead atoms. The lowest BCUT2D eigenvalue weighted by molar-refractivity contribution is -0.114. The predicted octanol–water partition coefficient (Wildman–Crippen LogP) is 2.88. The molecule has 0 aliphatic carbocycles. The van der Waals surface area contributed by atoms with Crippen LogP contribution in [0.4, 0.5) is 0 Å². The van der Waals surface area contributed by atoms with Crippen LogP contribution < -0.4 is 0 Å². The molecule has 0 fully saturated rings. The zero-order valence-electron chi connectivity index (χ0n) is 7.77. The molecule has 0 saturated heterocycles. The average molecular weight is 152 g/mol. The second-order valence-electron chi connectivity index (χ2n) is 2.92. The molecule has 62 valence electrons. The Balaban J connectivity index is 4.07. The molecule has 0 aliphatic heterocycles. The molecule has 1 heteroatoms. The van der Waals surface area contributed by atoms with Gasteiger partial charge in [0.1, 0.15) is 0 Å². The largest absolute Gasteiger partial charge is 0.295 e. The van der Waals surface area contributed by atoms with Crippen molar-refractivity contribution >= 4 is 5.78 Å². The molecule has 0 atom stereocenters. The molecule has 0 amide bonds. The molecule has 0 aromatic heterocycles. The number of hydrogen-bond acceptors (Lipinski definition) is 1. The normalized spacial score (nSPS) is 10.2. The smallest absolute Gasteiger partial charge is 0.159 e. The van der Waals surface area contributed by atoms with E-state index in [9.17, 15) is 4.79 Å². The first kappa shape index (κ1) is 10.2. The van der Waals surface area contributed by atoms with Gasteiger partial charge < -0.3 is 0 Å². The fourth-order valence-electron chi connectivity index (χ4n) is 0.683. The van der Waals surface area contributed by atoms with Gasteiger partial charge in [0, 0.05) is 6.42 Å². The van der Waals surface area contributed by atoms with Gasteiger partial charge in [-0.05, 0) is 33.8 Å². The van der Waals surface area contributed by atoms with E-state index in [1.807, 2.05) is 27.7 Å². The van der Waals surface area contributed by atoms with Crippen molar-refractivity contribution < 1.29 is 4.79 Å². The fourth-order valence-corrected chi connectivity index (χ4v) is 0.683. The highest BCUT2D eigenvalue weighted by molar-refractivity contribution is 5.91. The Morgan fingerprint density at radius 1 is 1.27 bits per heavy atom. The minimum absolute atomic E-state index is 0.186. The molecular weight excluding hydrogens is 136 g/mol. The number of hydrogen-bond donors (Lipinski definition) is 0. The number of rotatable bonds is 3. The number of allylic oxidation sites excluding steroid dienone is 4. The van der Waals surface area contributed by atoms with Crippen LogP contribution >= 0.6 is 0 Å². The SMILES string of the molecule is CC=CC(=O)CC(C)=C(C)C. The molecule has 0 radical (unpaired) electrons. The zero-order valence-corrected chi connectivity index (χ0v) is 7.77. The Bertz CT molecular complexity index is 193. The van der Waals surface area contributed by atoms with Crippen LogP contribution in [-0.2, 0) is 4.79 Å². The third-order valence-electron chi connectivity index (χ3n) is 1.65. The van der Waals surface area contributed by atoms with Crippen LogP contribution in [-0.4, -0.2) is 5.78 Å². The summed E-state index contributed by atoms with van der Waals surface area (Å²) < 4.78 is 0. The van der Waals surface area contributed by atoms with Crippen LogP contribution in [0.5, 0.6) is 0 Å². The van der Waals surface area contributed by atoms with E-state index in [-0.39, 0.29) is 5.78 Å². The summed E-state index contributed by atoms with van der Waals surface area (Å²) in [5, 5.41) is 0. The van der Waals surface area contributed by atoms with E-state index in [0.717, 1.165) is 0 Å². The van der Waals surface area contributed by atoms with Gasteiger partial charge >= 0.3 is 0 Å². The van der Waals surface area contributed by atoms with E-state index in [2.05, 4.69) is 0 Å². The van der Waals surface area contributed by atoms with Crippen molar-refractivity contribution in [1.29, 1.82) is 0 Å². The topological polar surface area (TPSA) is 17.1 Å². The fraction of sp³-hybridized carbons (Fsp3) is 0.500. The molecule has 0 saturated carbocycles. The maximum atomic E-state index is 11.0. The Morgan fingerprint density at radius 2 is 1.82 bits per heavy atom. The maximum Gasteiger partial charge on any atom is 0.159 e. The highest BCUT2D eigenvalue weighted by Gasteiger charge is 1.98. The van der Waals surface area contributed by atoms with E-state index in [1.165, 1.54) is 11.1 Å². The van der Waals surface area contributed by atoms with Crippen molar-refractivity contribution in [1.82, 2.24) is 0 Å². The van der Waals surface area contributed by atoms with Gasteiger partial charge in [0.25, 0.3) is 0 Å². The Labute approximate surface area is 68.8 Å². The van der Waals surface area contributed by atoms with Gasteiger partial charge in [0.15, 0.2) is 5.78 Å². The molecule has 0 aromatic rings. The summed E-state index contributed by atoms with van der Waals surface area (Å²) in [6.45, 7) is 7.91. The lowest BCUT2D eigenvalue weighted by Crippen LogP contribution is -1.94. The third-order valence-corrected chi connectivity index (χ3v) is 1.65. The van der Waals surface area contributed by atoms with Crippen molar-refractivity contribution in [2.24, 2.45) is 0 Å². The van der Waals surface area contributed by atoms with Crippen molar-refractivity contribution in [2.75, 3.05) is 0 Å². The Kier molecular flexibility index (Phi) is 4.51. The first-order chi connectivity index (χ1) is 5.07. The maximum absolute atomic E-state index is 11.0. The second-order valence-corrected chi connectivity index (χ2v) is 2.92. The summed E-state index contributed by atoms with van der Waals surface area (Å²) in [5.41, 5.74) is 2.41. The Hall–Kier alpha value is -0.850. The van der Waals surface area contributed by atoms with E-state index < -0.39 is 0 Å². The van der Waals surface area contributed by atoms with Crippen LogP contribution in [0.3, 0.4) is 0 Å². The van der Waals surface area contributed by atoms with Gasteiger partial charge in [0.05, 0.1) is 0 Å². The van der Waals surface area contributed by atoms with Crippen LogP contribution in [0.2, 0.25) is 0 Å². The van der Waals surface area contributed by atoms with Crippen LogP contribution in [0, 0.1) is 0 Å². The molecule has 0 N–H and O–H groups in total. The van der Waals surface area contributed by atoms with Crippen LogP contribution in [0.25, 0.3) is 0 Å². The summed E-state index contributed by atoms with van der Waals surface area (Å²) in [4.78, 5) is 11.0. The van der Waals surface area contributed by atoms with Crippen LogP contribution in [0.1, 0.15) is 34.1 Å². The predicted molar refractivity (Wildman–Crippen MR) is 48.5 cm³/mol. The first-order valence-corrected chi connectivity index (χ1v) is 3.86. The number of carbonyl (C=O) groups excluding carboxylic acids is 1. The summed E-state index contributed by atoms with van der Waals surface area (Å²) in [5.74, 6) is 0.186. The molecule has 0 spiro atoms. The number of ketones is 1. The molecule has 0 aromatic carbocycles. The van der Waals surface area contributed by atoms with Crippen molar-refractivity contribution in [3.8, 4) is 0 Å². The highest BCUT2D eigenvalue weighted by atomic mass is 16.1. The van der Waals surface area contributed by atoms with Crippen molar-refractivity contribution in [3.63, 3.8) is 0 Å². The van der Waals surface area contributed by atoms with Gasteiger partial charge in [-0.2, -0.15) is 0 Å². The van der Waals surface area contributed by atoms with Gasteiger partial charge in [-0.15, -0.1) is 0 Å². The van der Waals surface area contributed by atoms with Crippen molar-refractivity contribution in [2.45, 2.75) is 34.1 Å². The minimum Gasteiger partial charge on any atom is -0.295 e. The van der Waals surface area contributed by atoms with Gasteiger partial charge in [-0.1, -0.05) is 17.2 Å². The summed E-state index contributed by atoms with van der Waals surface area (Å²) >= 11 is 0. The summed E-state index contributed by atoms with van der Waals surface area (Å²) in [6.07, 6.45) is 3.96. The summed E-state index contributed by atoms with van der Waals surface area (Å²) in [7, 11) is 0. The van der Waals surface area contributed by atoms with Gasteiger partial charge in [0.2, 0.25) is 0 Å². The van der Waals surface area contributed by atoms with Gasteiger partial charge in [-0.3, -0.25) is 4.79 Å². The van der Waals surface area contributed by atoms with E-state index in [1.54, 1.807) is 12.2 Å². The molecule has 0 unspecified atom stereocenters. The molecule has 0 aliphatic rings. The first-order valence-electron chi connectivity index (χ1n) is 3.86. The van der Waals surface area contributed by atoms with E-state index in [0.29, 0.717) is 6.42 Å². The molecule has 11 heavy (non-hydrogen) atoms. The van der Waals surface area contributed by atoms with Crippen molar-refractivity contribution in [3.05, 3.63) is 23.3 Å². The highest BCUT2D eigenvalue weighted by Crippen LogP contribution is 2.07. The van der Waals surface area contributed by atoms with Crippen LogP contribution in [0.15, 0.2) is 23.3 Å². The molecule has 0 rings (SSSR count). The van der Waals surface area contributed by atoms with E-state index >= 15 is 0 Å². The molecule has 0 heterocycles. The standard InChI is InChI=1S/C10H16O/c1-5-6-10(11)7-9(4)8(2)3/h5-6H,7H2,1-4H3. The zero-order chi connectivity index (χ0) is 8.85. The summed E-state index contributed by atoms with van der Waals surface area (Å²) in [6, 6.07) is 0. The lowest BCUT2D eigenvalue weighted by atomic mass is 10.1. The number of carbonyl (C=O) groups is 1. The second kappa shape index (κ2) is 4.89. The van der Waals surface area contributed by atoms with Gasteiger partial charge in [-0.25, -0.2) is 0 Å². The quantitative estimate of drug-likeness (QED) is 0.449. The average Bonchev–Trinajstić information content (AvgIpc) is 1.87.